The van der Waals surface area contributed by atoms with Crippen LogP contribution in [0.25, 0.3) is 0 Å². The molecule has 0 spiro atoms. The predicted molar refractivity (Wildman–Crippen MR) is 69.9 cm³/mol. The maximum absolute atomic E-state index is 13.5. The fraction of sp³-hybridized carbons (Fsp3) is 0.467. The summed E-state index contributed by atoms with van der Waals surface area (Å²) in [6, 6.07) is 4.47. The molecule has 1 atom stereocenters. The van der Waals surface area contributed by atoms with Crippen molar-refractivity contribution in [3.63, 3.8) is 0 Å². The fourth-order valence-corrected chi connectivity index (χ4v) is 1.64. The van der Waals surface area contributed by atoms with Crippen molar-refractivity contribution in [3.8, 4) is 17.6 Å². The lowest BCUT2D eigenvalue weighted by Crippen LogP contribution is -2.09. The molecule has 0 heterocycles. The number of rotatable bonds is 5. The highest BCUT2D eigenvalue weighted by Crippen LogP contribution is 2.19. The topological polar surface area (TPSA) is 29.5 Å². The second-order valence-corrected chi connectivity index (χ2v) is 4.31. The molecular weight excluding hydrogens is 231 g/mol. The Kier molecular flexibility index (Phi) is 6.24. The monoisotopic (exact) mass is 250 g/mol. The minimum atomic E-state index is -0.381. The van der Waals surface area contributed by atoms with Gasteiger partial charge in [-0.15, -0.1) is 0 Å². The van der Waals surface area contributed by atoms with Gasteiger partial charge < -0.3 is 9.84 Å². The van der Waals surface area contributed by atoms with Crippen LogP contribution in [0, 0.1) is 23.6 Å². The zero-order valence-corrected chi connectivity index (χ0v) is 10.9. The van der Waals surface area contributed by atoms with Crippen LogP contribution < -0.4 is 4.74 Å². The summed E-state index contributed by atoms with van der Waals surface area (Å²) in [6.45, 7) is 4.49. The number of ether oxygens (including phenoxy) is 1. The van der Waals surface area contributed by atoms with Crippen LogP contribution in [0.1, 0.15) is 32.3 Å². The number of aliphatic hydroxyl groups excluding tert-OH is 1. The van der Waals surface area contributed by atoms with Crippen LogP contribution in [-0.4, -0.2) is 18.3 Å². The van der Waals surface area contributed by atoms with Gasteiger partial charge in [-0.2, -0.15) is 0 Å². The molecule has 1 N–H and O–H groups in total. The predicted octanol–water partition coefficient (Wildman–Crippen LogP) is 2.98. The largest absolute Gasteiger partial charge is 0.490 e. The molecule has 0 aliphatic carbocycles. The van der Waals surface area contributed by atoms with Crippen molar-refractivity contribution in [2.24, 2.45) is 5.92 Å². The van der Waals surface area contributed by atoms with E-state index in [1.54, 1.807) is 12.1 Å². The Hall–Kier alpha value is -1.53. The molecule has 1 aromatic carbocycles. The molecule has 98 valence electrons. The maximum atomic E-state index is 13.5. The van der Waals surface area contributed by atoms with E-state index >= 15 is 0 Å². The number of benzene rings is 1. The standard InChI is InChI=1S/C15H19FO2/c1-3-5-12(2)11-18-15-10-13(6-4-9-17)7-8-14(15)16/h7-8,10,12,17H,3,5,9,11H2,1-2H3. The Bertz CT molecular complexity index is 432. The van der Waals surface area contributed by atoms with E-state index in [0.29, 0.717) is 18.1 Å². The summed E-state index contributed by atoms with van der Waals surface area (Å²) in [5.41, 5.74) is 0.642. The van der Waals surface area contributed by atoms with E-state index in [0.717, 1.165) is 12.8 Å². The quantitative estimate of drug-likeness (QED) is 0.814. The Balaban J connectivity index is 2.69. The number of halogens is 1. The Morgan fingerprint density at radius 2 is 2.22 bits per heavy atom. The second kappa shape index (κ2) is 7.73. The summed E-state index contributed by atoms with van der Waals surface area (Å²) < 4.78 is 19.0. The highest BCUT2D eigenvalue weighted by molar-refractivity contribution is 5.40. The normalized spacial score (nSPS) is 11.6. The van der Waals surface area contributed by atoms with Gasteiger partial charge in [0.2, 0.25) is 0 Å². The van der Waals surface area contributed by atoms with E-state index in [1.807, 2.05) is 0 Å². The first-order chi connectivity index (χ1) is 8.67. The zero-order valence-electron chi connectivity index (χ0n) is 10.9. The van der Waals surface area contributed by atoms with Crippen LogP contribution in [0.5, 0.6) is 5.75 Å². The van der Waals surface area contributed by atoms with E-state index in [1.165, 1.54) is 6.07 Å². The molecule has 0 fully saturated rings. The molecule has 18 heavy (non-hydrogen) atoms. The molecule has 2 nitrogen and oxygen atoms in total. The first kappa shape index (κ1) is 14.5. The summed E-state index contributed by atoms with van der Waals surface area (Å²) in [5.74, 6) is 5.50. The van der Waals surface area contributed by atoms with Crippen LogP contribution >= 0.6 is 0 Å². The molecule has 0 aliphatic heterocycles. The second-order valence-electron chi connectivity index (χ2n) is 4.31. The lowest BCUT2D eigenvalue weighted by Gasteiger charge is -2.12. The molecule has 1 unspecified atom stereocenters. The van der Waals surface area contributed by atoms with Gasteiger partial charge in [0.05, 0.1) is 6.61 Å². The van der Waals surface area contributed by atoms with Crippen molar-refractivity contribution in [3.05, 3.63) is 29.6 Å². The number of aliphatic hydroxyl groups is 1. The van der Waals surface area contributed by atoms with Crippen molar-refractivity contribution >= 4 is 0 Å². The van der Waals surface area contributed by atoms with Gasteiger partial charge in [-0.1, -0.05) is 32.1 Å². The lowest BCUT2D eigenvalue weighted by atomic mass is 10.1. The van der Waals surface area contributed by atoms with Crippen LogP contribution in [0.2, 0.25) is 0 Å². The van der Waals surface area contributed by atoms with Gasteiger partial charge in [0.1, 0.15) is 6.61 Å². The summed E-state index contributed by atoms with van der Waals surface area (Å²) in [4.78, 5) is 0. The molecule has 0 saturated heterocycles. The van der Waals surface area contributed by atoms with E-state index in [-0.39, 0.29) is 18.2 Å². The molecule has 0 amide bonds. The molecule has 0 aromatic heterocycles. The van der Waals surface area contributed by atoms with Gasteiger partial charge >= 0.3 is 0 Å². The van der Waals surface area contributed by atoms with Crippen molar-refractivity contribution in [2.75, 3.05) is 13.2 Å². The van der Waals surface area contributed by atoms with Gasteiger partial charge in [-0.05, 0) is 30.5 Å². The van der Waals surface area contributed by atoms with E-state index in [2.05, 4.69) is 25.7 Å². The molecule has 0 radical (unpaired) electrons. The van der Waals surface area contributed by atoms with Crippen LogP contribution in [-0.2, 0) is 0 Å². The molecule has 3 heteroatoms. The van der Waals surface area contributed by atoms with E-state index in [9.17, 15) is 4.39 Å². The van der Waals surface area contributed by atoms with Gasteiger partial charge in [0.15, 0.2) is 11.6 Å². The minimum absolute atomic E-state index is 0.207. The molecular formula is C15H19FO2. The van der Waals surface area contributed by atoms with Crippen LogP contribution in [0.4, 0.5) is 4.39 Å². The zero-order chi connectivity index (χ0) is 13.4. The van der Waals surface area contributed by atoms with Gasteiger partial charge in [0.25, 0.3) is 0 Å². The van der Waals surface area contributed by atoms with E-state index in [4.69, 9.17) is 9.84 Å². The van der Waals surface area contributed by atoms with E-state index < -0.39 is 0 Å². The van der Waals surface area contributed by atoms with Crippen LogP contribution in [0.15, 0.2) is 18.2 Å². The van der Waals surface area contributed by atoms with Crippen molar-refractivity contribution in [1.29, 1.82) is 0 Å². The highest BCUT2D eigenvalue weighted by Gasteiger charge is 2.07. The SMILES string of the molecule is CCCC(C)COc1cc(C#CCO)ccc1F. The summed E-state index contributed by atoms with van der Waals surface area (Å²) in [6.07, 6.45) is 2.15. The molecule has 1 rings (SSSR count). The van der Waals surface area contributed by atoms with Crippen LogP contribution in [0.3, 0.4) is 0 Å². The lowest BCUT2D eigenvalue weighted by molar-refractivity contribution is 0.241. The number of hydrogen-bond donors (Lipinski definition) is 1. The average molecular weight is 250 g/mol. The van der Waals surface area contributed by atoms with Gasteiger partial charge in [0, 0.05) is 5.56 Å². The fourth-order valence-electron chi connectivity index (χ4n) is 1.64. The highest BCUT2D eigenvalue weighted by atomic mass is 19.1. The summed E-state index contributed by atoms with van der Waals surface area (Å²) >= 11 is 0. The Morgan fingerprint density at radius 3 is 2.89 bits per heavy atom. The molecule has 0 aliphatic rings. The van der Waals surface area contributed by atoms with Crippen molar-refractivity contribution in [1.82, 2.24) is 0 Å². The third-order valence-corrected chi connectivity index (χ3v) is 2.55. The first-order valence-corrected chi connectivity index (χ1v) is 6.19. The minimum Gasteiger partial charge on any atom is -0.490 e. The molecule has 1 aromatic rings. The summed E-state index contributed by atoms with van der Waals surface area (Å²) in [5, 5.41) is 8.61. The maximum Gasteiger partial charge on any atom is 0.165 e. The van der Waals surface area contributed by atoms with Gasteiger partial charge in [-0.25, -0.2) is 4.39 Å². The smallest absolute Gasteiger partial charge is 0.165 e. The van der Waals surface area contributed by atoms with Crippen molar-refractivity contribution < 1.29 is 14.2 Å². The van der Waals surface area contributed by atoms with Gasteiger partial charge in [-0.3, -0.25) is 0 Å². The first-order valence-electron chi connectivity index (χ1n) is 6.19. The Labute approximate surface area is 108 Å². The average Bonchev–Trinajstić information content (AvgIpc) is 2.36. The summed E-state index contributed by atoms with van der Waals surface area (Å²) in [7, 11) is 0. The third kappa shape index (κ3) is 4.77. The molecule has 0 bridgehead atoms. The van der Waals surface area contributed by atoms with Crippen molar-refractivity contribution in [2.45, 2.75) is 26.7 Å². The Morgan fingerprint density at radius 1 is 1.44 bits per heavy atom. The molecule has 0 saturated carbocycles. The third-order valence-electron chi connectivity index (χ3n) is 2.55. The number of hydrogen-bond acceptors (Lipinski definition) is 2.